The van der Waals surface area contributed by atoms with Crippen LogP contribution in [0.4, 0.5) is 0 Å². The van der Waals surface area contributed by atoms with Gasteiger partial charge >= 0.3 is 0 Å². The Kier molecular flexibility index (Phi) is 3.09. The molecule has 2 heteroatoms. The van der Waals surface area contributed by atoms with Crippen molar-refractivity contribution in [1.82, 2.24) is 5.32 Å². The van der Waals surface area contributed by atoms with Crippen LogP contribution in [0.5, 0.6) is 0 Å². The molecule has 14 heavy (non-hydrogen) atoms. The van der Waals surface area contributed by atoms with Crippen LogP contribution in [0, 0.1) is 5.92 Å². The van der Waals surface area contributed by atoms with Crippen molar-refractivity contribution in [3.63, 3.8) is 0 Å². The van der Waals surface area contributed by atoms with Crippen molar-refractivity contribution in [2.24, 2.45) is 5.92 Å². The molecule has 0 radical (unpaired) electrons. The molecule has 1 fully saturated rings. The van der Waals surface area contributed by atoms with Gasteiger partial charge in [-0.1, -0.05) is 36.7 Å². The molecule has 2 rings (SSSR count). The molecule has 0 spiro atoms. The summed E-state index contributed by atoms with van der Waals surface area (Å²) in [6.07, 6.45) is 2.49. The Morgan fingerprint density at radius 2 is 2.07 bits per heavy atom. The van der Waals surface area contributed by atoms with Crippen molar-refractivity contribution >= 4 is 11.6 Å². The van der Waals surface area contributed by atoms with Gasteiger partial charge in [0.05, 0.1) is 0 Å². The fourth-order valence-electron chi connectivity index (χ4n) is 2.02. The molecule has 0 saturated carbocycles. The molecule has 1 heterocycles. The molecule has 0 bridgehead atoms. The highest BCUT2D eigenvalue weighted by Gasteiger charge is 2.20. The van der Waals surface area contributed by atoms with Gasteiger partial charge in [0.2, 0.25) is 0 Å². The molecule has 1 saturated heterocycles. The maximum absolute atomic E-state index is 6.15. The van der Waals surface area contributed by atoms with Crippen LogP contribution in [0.3, 0.4) is 0 Å². The smallest absolute Gasteiger partial charge is 0.0453 e. The molecule has 76 valence electrons. The van der Waals surface area contributed by atoms with Crippen molar-refractivity contribution in [3.05, 3.63) is 34.9 Å². The summed E-state index contributed by atoms with van der Waals surface area (Å²) in [7, 11) is 0. The van der Waals surface area contributed by atoms with Gasteiger partial charge in [0, 0.05) is 11.1 Å². The molecule has 1 aliphatic heterocycles. The molecule has 2 unspecified atom stereocenters. The number of benzene rings is 1. The van der Waals surface area contributed by atoms with Crippen molar-refractivity contribution in [2.45, 2.75) is 25.8 Å². The number of hydrogen-bond donors (Lipinski definition) is 1. The third-order valence-electron chi connectivity index (χ3n) is 2.94. The maximum atomic E-state index is 6.15. The predicted octanol–water partition coefficient (Wildman–Crippen LogP) is 3.40. The number of nitrogens with one attached hydrogen (secondary N) is 1. The third kappa shape index (κ3) is 2.10. The molecule has 0 amide bonds. The predicted molar refractivity (Wildman–Crippen MR) is 60.6 cm³/mol. The lowest BCUT2D eigenvalue weighted by atomic mass is 9.92. The molecule has 1 aromatic rings. The van der Waals surface area contributed by atoms with Crippen molar-refractivity contribution in [3.8, 4) is 0 Å². The zero-order valence-corrected chi connectivity index (χ0v) is 9.22. The Morgan fingerprint density at radius 3 is 2.71 bits per heavy atom. The summed E-state index contributed by atoms with van der Waals surface area (Å²) in [5.41, 5.74) is 1.25. The van der Waals surface area contributed by atoms with Gasteiger partial charge in [-0.05, 0) is 36.9 Å². The lowest BCUT2D eigenvalue weighted by molar-refractivity contribution is 0.333. The second-order valence-electron chi connectivity index (χ2n) is 4.16. The number of halogens is 1. The van der Waals surface area contributed by atoms with Crippen LogP contribution < -0.4 is 5.32 Å². The van der Waals surface area contributed by atoms with Gasteiger partial charge in [-0.15, -0.1) is 0 Å². The molecule has 1 nitrogen and oxygen atoms in total. The Hall–Kier alpha value is -0.530. The van der Waals surface area contributed by atoms with Gasteiger partial charge in [0.1, 0.15) is 0 Å². The Labute approximate surface area is 90.5 Å². The number of hydrogen-bond acceptors (Lipinski definition) is 1. The van der Waals surface area contributed by atoms with Crippen LogP contribution in [-0.4, -0.2) is 6.54 Å². The summed E-state index contributed by atoms with van der Waals surface area (Å²) in [6.45, 7) is 3.39. The second kappa shape index (κ2) is 4.33. The van der Waals surface area contributed by atoms with Gasteiger partial charge in [0.25, 0.3) is 0 Å². The number of rotatable bonds is 1. The largest absolute Gasteiger partial charge is 0.310 e. The number of piperidine rings is 1. The molecule has 1 aliphatic rings. The van der Waals surface area contributed by atoms with Crippen LogP contribution in [0.1, 0.15) is 31.4 Å². The van der Waals surface area contributed by atoms with Crippen molar-refractivity contribution < 1.29 is 0 Å². The summed E-state index contributed by atoms with van der Waals surface area (Å²) in [5.74, 6) is 0.800. The van der Waals surface area contributed by atoms with E-state index >= 15 is 0 Å². The van der Waals surface area contributed by atoms with Gasteiger partial charge in [-0.25, -0.2) is 0 Å². The molecule has 0 aromatic heterocycles. The summed E-state index contributed by atoms with van der Waals surface area (Å²) >= 11 is 6.15. The zero-order valence-electron chi connectivity index (χ0n) is 8.46. The van der Waals surface area contributed by atoms with Crippen LogP contribution in [0.15, 0.2) is 24.3 Å². The van der Waals surface area contributed by atoms with Gasteiger partial charge in [-0.2, -0.15) is 0 Å². The van der Waals surface area contributed by atoms with E-state index in [-0.39, 0.29) is 0 Å². The van der Waals surface area contributed by atoms with E-state index in [1.165, 1.54) is 18.4 Å². The Morgan fingerprint density at radius 1 is 1.29 bits per heavy atom. The van der Waals surface area contributed by atoms with Gasteiger partial charge in [-0.3, -0.25) is 0 Å². The van der Waals surface area contributed by atoms with E-state index in [4.69, 9.17) is 11.6 Å². The minimum Gasteiger partial charge on any atom is -0.310 e. The first-order valence-electron chi connectivity index (χ1n) is 5.25. The average Bonchev–Trinajstić information content (AvgIpc) is 2.20. The maximum Gasteiger partial charge on any atom is 0.0453 e. The van der Waals surface area contributed by atoms with Gasteiger partial charge < -0.3 is 5.32 Å². The zero-order chi connectivity index (χ0) is 9.97. The van der Waals surface area contributed by atoms with E-state index in [0.29, 0.717) is 6.04 Å². The Bertz CT molecular complexity index is 303. The normalized spacial score (nSPS) is 27.6. The lowest BCUT2D eigenvalue weighted by Crippen LogP contribution is -2.31. The monoisotopic (exact) mass is 209 g/mol. The first-order valence-corrected chi connectivity index (χ1v) is 5.63. The molecule has 1 N–H and O–H groups in total. The van der Waals surface area contributed by atoms with Crippen LogP contribution in [0.2, 0.25) is 5.02 Å². The van der Waals surface area contributed by atoms with E-state index in [2.05, 4.69) is 24.4 Å². The first-order chi connectivity index (χ1) is 6.77. The SMILES string of the molecule is CC1CCC(c2ccccc2Cl)NC1. The van der Waals surface area contributed by atoms with E-state index in [1.54, 1.807) is 0 Å². The molecule has 2 atom stereocenters. The van der Waals surface area contributed by atoms with Crippen LogP contribution in [0.25, 0.3) is 0 Å². The average molecular weight is 210 g/mol. The van der Waals surface area contributed by atoms with Crippen molar-refractivity contribution in [2.75, 3.05) is 6.54 Å². The highest BCUT2D eigenvalue weighted by atomic mass is 35.5. The summed E-state index contributed by atoms with van der Waals surface area (Å²) < 4.78 is 0. The topological polar surface area (TPSA) is 12.0 Å². The quantitative estimate of drug-likeness (QED) is 0.748. The van der Waals surface area contributed by atoms with E-state index in [1.807, 2.05) is 12.1 Å². The van der Waals surface area contributed by atoms with Crippen LogP contribution in [-0.2, 0) is 0 Å². The van der Waals surface area contributed by atoms with E-state index in [9.17, 15) is 0 Å². The molecule has 1 aromatic carbocycles. The fraction of sp³-hybridized carbons (Fsp3) is 0.500. The highest BCUT2D eigenvalue weighted by molar-refractivity contribution is 6.31. The van der Waals surface area contributed by atoms with Gasteiger partial charge in [0.15, 0.2) is 0 Å². The summed E-state index contributed by atoms with van der Waals surface area (Å²) in [5, 5.41) is 4.43. The first kappa shape index (κ1) is 10.0. The van der Waals surface area contributed by atoms with E-state index in [0.717, 1.165) is 17.5 Å². The fourth-order valence-corrected chi connectivity index (χ4v) is 2.29. The third-order valence-corrected chi connectivity index (χ3v) is 3.29. The Balaban J connectivity index is 2.12. The lowest BCUT2D eigenvalue weighted by Gasteiger charge is -2.28. The molecular formula is C12H16ClN. The summed E-state index contributed by atoms with van der Waals surface area (Å²) in [6, 6.07) is 8.59. The second-order valence-corrected chi connectivity index (χ2v) is 4.57. The minimum atomic E-state index is 0.458. The molecular weight excluding hydrogens is 194 g/mol. The standard InChI is InChI=1S/C12H16ClN/c1-9-6-7-12(14-8-9)10-4-2-3-5-11(10)13/h2-5,9,12,14H,6-8H2,1H3. The minimum absolute atomic E-state index is 0.458. The summed E-state index contributed by atoms with van der Waals surface area (Å²) in [4.78, 5) is 0. The van der Waals surface area contributed by atoms with Crippen LogP contribution >= 0.6 is 11.6 Å². The highest BCUT2D eigenvalue weighted by Crippen LogP contribution is 2.29. The van der Waals surface area contributed by atoms with Crippen molar-refractivity contribution in [1.29, 1.82) is 0 Å². The van der Waals surface area contributed by atoms with E-state index < -0.39 is 0 Å². The molecule has 0 aliphatic carbocycles.